The summed E-state index contributed by atoms with van der Waals surface area (Å²) in [6.45, 7) is 11.8. The monoisotopic (exact) mass is 1120 g/mol. The molecule has 4 aromatic rings. The number of ketones is 6. The Morgan fingerprint density at radius 2 is 0.707 bits per heavy atom. The molecule has 0 amide bonds. The van der Waals surface area contributed by atoms with Crippen molar-refractivity contribution in [1.29, 1.82) is 0 Å². The van der Waals surface area contributed by atoms with Crippen molar-refractivity contribution < 1.29 is 47.7 Å². The highest BCUT2D eigenvalue weighted by molar-refractivity contribution is 5.94. The zero-order valence-corrected chi connectivity index (χ0v) is 51.1. The Morgan fingerprint density at radius 3 is 1.00 bits per heavy atom. The van der Waals surface area contributed by atoms with Crippen molar-refractivity contribution in [3.8, 4) is 23.0 Å². The Kier molecular flexibility index (Phi) is 21.8. The molecule has 4 aromatic carbocycles. The number of carbonyl (C=O) groups is 6. The van der Waals surface area contributed by atoms with Crippen LogP contribution in [0, 0.1) is 0 Å². The van der Waals surface area contributed by atoms with Gasteiger partial charge >= 0.3 is 0 Å². The minimum absolute atomic E-state index is 0.0893. The van der Waals surface area contributed by atoms with E-state index in [-0.39, 0.29) is 34.0 Å². The zero-order valence-electron chi connectivity index (χ0n) is 51.1. The summed E-state index contributed by atoms with van der Waals surface area (Å²) in [6.07, 6.45) is 24.3. The third kappa shape index (κ3) is 13.5. The van der Waals surface area contributed by atoms with Gasteiger partial charge in [0.1, 0.15) is 46.1 Å². The second-order valence-electron chi connectivity index (χ2n) is 23.8. The van der Waals surface area contributed by atoms with Gasteiger partial charge in [0, 0.05) is 49.4 Å². The molecule has 0 aromatic heterocycles. The smallest absolute Gasteiger partial charge is 0.155 e. The fraction of sp³-hybridized carbons (Fsp3) is 0.528. The SMILES string of the molecule is CC[C@@]1(CCC(C)=O)C(=O)CCCc2cc(OC)ccc21.CC[C@@]12CCC(=O)C=C1CCCc1cc(OC)ccc12.CC[C@]1(CCC(C)=O)C(=O)CCCc2cc(OC)ccc21.CC[C@]12CCC(=O)C=C1CCCc1cc(OC)ccc12. The first kappa shape index (κ1) is 63.2. The Labute approximate surface area is 489 Å². The Morgan fingerprint density at radius 1 is 0.402 bits per heavy atom. The molecule has 10 heteroatoms. The molecule has 10 rings (SSSR count). The number of hydrogen-bond acceptors (Lipinski definition) is 10. The summed E-state index contributed by atoms with van der Waals surface area (Å²) < 4.78 is 21.4. The number of aryl methyl sites for hydroxylation is 4. The molecular formula is C72H92O10. The van der Waals surface area contributed by atoms with Gasteiger partial charge < -0.3 is 28.5 Å². The van der Waals surface area contributed by atoms with E-state index in [1.54, 1.807) is 42.3 Å². The van der Waals surface area contributed by atoms with Crippen LogP contribution in [0.15, 0.2) is 96.1 Å². The highest BCUT2D eigenvalue weighted by atomic mass is 16.5. The molecule has 4 atom stereocenters. The lowest BCUT2D eigenvalue weighted by Crippen LogP contribution is -2.35. The average Bonchev–Trinajstić information content (AvgIpc) is 4.10. The largest absolute Gasteiger partial charge is 0.497 e. The van der Waals surface area contributed by atoms with Crippen molar-refractivity contribution in [3.63, 3.8) is 0 Å². The van der Waals surface area contributed by atoms with Crippen LogP contribution in [-0.4, -0.2) is 63.1 Å². The number of ether oxygens (including phenoxy) is 4. The summed E-state index contributed by atoms with van der Waals surface area (Å²) in [4.78, 5) is 72.0. The maximum Gasteiger partial charge on any atom is 0.155 e. The van der Waals surface area contributed by atoms with Crippen molar-refractivity contribution in [2.24, 2.45) is 0 Å². The number of carbonyl (C=O) groups excluding carboxylic acids is 6. The molecule has 0 saturated heterocycles. The third-order valence-electron chi connectivity index (χ3n) is 19.6. The van der Waals surface area contributed by atoms with Crippen LogP contribution < -0.4 is 18.9 Å². The van der Waals surface area contributed by atoms with E-state index in [0.717, 1.165) is 137 Å². The summed E-state index contributed by atoms with van der Waals surface area (Å²) >= 11 is 0. The first-order valence-corrected chi connectivity index (χ1v) is 30.7. The molecular weight excluding hydrogens is 1020 g/mol. The summed E-state index contributed by atoms with van der Waals surface area (Å²) in [5, 5.41) is 0. The maximum atomic E-state index is 12.8. The van der Waals surface area contributed by atoms with Gasteiger partial charge in [-0.3, -0.25) is 19.2 Å². The Balaban J connectivity index is 0.000000157. The summed E-state index contributed by atoms with van der Waals surface area (Å²) in [5.74, 6) is 5.03. The number of benzene rings is 4. The molecule has 6 aliphatic carbocycles. The highest BCUT2D eigenvalue weighted by Crippen LogP contribution is 2.51. The van der Waals surface area contributed by atoms with Gasteiger partial charge in [-0.2, -0.15) is 0 Å². The van der Waals surface area contributed by atoms with Crippen molar-refractivity contribution in [2.45, 2.75) is 217 Å². The predicted octanol–water partition coefficient (Wildman–Crippen LogP) is 15.2. The molecule has 0 spiro atoms. The lowest BCUT2D eigenvalue weighted by molar-refractivity contribution is -0.126. The molecule has 0 unspecified atom stereocenters. The minimum atomic E-state index is -0.496. The lowest BCUT2D eigenvalue weighted by atomic mass is 9.65. The van der Waals surface area contributed by atoms with Crippen LogP contribution in [0.2, 0.25) is 0 Å². The van der Waals surface area contributed by atoms with Gasteiger partial charge in [-0.15, -0.1) is 0 Å². The van der Waals surface area contributed by atoms with E-state index in [1.807, 2.05) is 48.6 Å². The number of fused-ring (bicyclic) bond motifs is 8. The highest BCUT2D eigenvalue weighted by Gasteiger charge is 2.44. The number of Topliss-reactive ketones (excluding diaryl/α,β-unsaturated/α-hetero) is 4. The van der Waals surface area contributed by atoms with Crippen molar-refractivity contribution in [1.82, 2.24) is 0 Å². The van der Waals surface area contributed by atoms with E-state index >= 15 is 0 Å². The molecule has 6 aliphatic rings. The molecule has 440 valence electrons. The molecule has 0 N–H and O–H groups in total. The fourth-order valence-corrected chi connectivity index (χ4v) is 14.8. The Hall–Kier alpha value is -6.42. The molecule has 0 radical (unpaired) electrons. The van der Waals surface area contributed by atoms with E-state index in [1.165, 1.54) is 44.5 Å². The van der Waals surface area contributed by atoms with Crippen LogP contribution in [0.1, 0.15) is 214 Å². The van der Waals surface area contributed by atoms with Gasteiger partial charge in [0.05, 0.1) is 39.3 Å². The topological polar surface area (TPSA) is 139 Å². The first-order valence-electron chi connectivity index (χ1n) is 30.7. The van der Waals surface area contributed by atoms with Crippen LogP contribution >= 0.6 is 0 Å². The van der Waals surface area contributed by atoms with Crippen LogP contribution in [0.25, 0.3) is 0 Å². The van der Waals surface area contributed by atoms with Gasteiger partial charge in [-0.05, 0) is 235 Å². The van der Waals surface area contributed by atoms with E-state index < -0.39 is 10.8 Å². The average molecular weight is 1120 g/mol. The van der Waals surface area contributed by atoms with Crippen molar-refractivity contribution in [2.75, 3.05) is 28.4 Å². The first-order chi connectivity index (χ1) is 39.4. The van der Waals surface area contributed by atoms with Gasteiger partial charge in [0.2, 0.25) is 0 Å². The number of allylic oxidation sites excluding steroid dienone is 4. The minimum Gasteiger partial charge on any atom is -0.497 e. The van der Waals surface area contributed by atoms with E-state index in [9.17, 15) is 28.8 Å². The summed E-state index contributed by atoms with van der Waals surface area (Å²) in [7, 11) is 6.76. The quantitative estimate of drug-likeness (QED) is 0.112. The molecule has 0 saturated carbocycles. The van der Waals surface area contributed by atoms with Gasteiger partial charge in [0.15, 0.2) is 11.6 Å². The summed E-state index contributed by atoms with van der Waals surface area (Å²) in [6, 6.07) is 25.0. The molecule has 10 nitrogen and oxygen atoms in total. The Bertz CT molecular complexity index is 2850. The van der Waals surface area contributed by atoms with Crippen LogP contribution in [0.3, 0.4) is 0 Å². The van der Waals surface area contributed by atoms with E-state index in [0.29, 0.717) is 62.9 Å². The zero-order chi connectivity index (χ0) is 59.2. The molecule has 82 heavy (non-hydrogen) atoms. The number of methoxy groups -OCH3 is 4. The standard InChI is InChI=1S/2C18H24O3.2C18H22O2/c2*1-4-18(11-10-13(2)19)16-9-8-15(21-3)12-14(16)6-5-7-17(18)20;2*1-3-18-10-9-15(19)12-14(18)6-4-5-13-11-16(20-2)7-8-17(13)18/h2*8-9,12H,4-7,10-11H2,1-3H3;2*7-8,11-12H,3-6,9-10H2,1-2H3/t4*18-/m1010/s1. The van der Waals surface area contributed by atoms with Gasteiger partial charge in [-0.1, -0.05) is 63.1 Å². The van der Waals surface area contributed by atoms with Crippen LogP contribution in [0.4, 0.5) is 0 Å². The second-order valence-corrected chi connectivity index (χ2v) is 23.8. The third-order valence-corrected chi connectivity index (χ3v) is 19.6. The second kappa shape index (κ2) is 28.2. The molecule has 0 aliphatic heterocycles. The van der Waals surface area contributed by atoms with Crippen molar-refractivity contribution in [3.05, 3.63) is 141 Å². The molecule has 0 heterocycles. The predicted molar refractivity (Wildman–Crippen MR) is 326 cm³/mol. The maximum absolute atomic E-state index is 12.8. The number of rotatable bonds is 14. The lowest BCUT2D eigenvalue weighted by Gasteiger charge is -2.38. The molecule has 0 bridgehead atoms. The number of hydrogen-bond donors (Lipinski definition) is 0. The fourth-order valence-electron chi connectivity index (χ4n) is 14.8. The van der Waals surface area contributed by atoms with E-state index in [4.69, 9.17) is 18.9 Å². The van der Waals surface area contributed by atoms with Gasteiger partial charge in [0.25, 0.3) is 0 Å². The van der Waals surface area contributed by atoms with Crippen LogP contribution in [0.5, 0.6) is 23.0 Å². The normalized spacial score (nSPS) is 23.4. The molecule has 0 fully saturated rings. The van der Waals surface area contributed by atoms with E-state index in [2.05, 4.69) is 64.1 Å². The van der Waals surface area contributed by atoms with Crippen molar-refractivity contribution >= 4 is 34.7 Å². The summed E-state index contributed by atoms with van der Waals surface area (Å²) in [5.41, 5.74) is 12.2. The van der Waals surface area contributed by atoms with Gasteiger partial charge in [-0.25, -0.2) is 0 Å². The van der Waals surface area contributed by atoms with Crippen LogP contribution in [-0.2, 0) is 76.1 Å².